The second kappa shape index (κ2) is 7.07. The van der Waals surface area contributed by atoms with E-state index in [4.69, 9.17) is 9.47 Å². The van der Waals surface area contributed by atoms with Crippen molar-refractivity contribution in [3.63, 3.8) is 0 Å². The molecule has 0 fully saturated rings. The van der Waals surface area contributed by atoms with Crippen LogP contribution in [-0.2, 0) is 6.42 Å². The lowest BCUT2D eigenvalue weighted by Gasteiger charge is -2.15. The van der Waals surface area contributed by atoms with Gasteiger partial charge in [0.05, 0.1) is 12.7 Å². The molecule has 0 bridgehead atoms. The number of hydrogen-bond acceptors (Lipinski definition) is 2. The van der Waals surface area contributed by atoms with Crippen molar-refractivity contribution in [2.45, 2.75) is 26.4 Å². The van der Waals surface area contributed by atoms with E-state index in [2.05, 4.69) is 0 Å². The predicted molar refractivity (Wildman–Crippen MR) is 77.8 cm³/mol. The van der Waals surface area contributed by atoms with E-state index in [9.17, 15) is 8.78 Å². The van der Waals surface area contributed by atoms with E-state index in [1.807, 2.05) is 38.1 Å². The van der Waals surface area contributed by atoms with E-state index in [0.29, 0.717) is 18.8 Å². The molecule has 1 unspecified atom stereocenters. The van der Waals surface area contributed by atoms with Gasteiger partial charge in [0, 0.05) is 12.5 Å². The molecule has 2 nitrogen and oxygen atoms in total. The minimum absolute atomic E-state index is 0.146. The van der Waals surface area contributed by atoms with Crippen molar-refractivity contribution >= 4 is 0 Å². The van der Waals surface area contributed by atoms with Crippen LogP contribution >= 0.6 is 0 Å². The van der Waals surface area contributed by atoms with Gasteiger partial charge >= 0.3 is 0 Å². The van der Waals surface area contributed by atoms with Crippen molar-refractivity contribution in [1.29, 1.82) is 0 Å². The van der Waals surface area contributed by atoms with Crippen LogP contribution in [0.3, 0.4) is 0 Å². The van der Waals surface area contributed by atoms with Gasteiger partial charge in [-0.3, -0.25) is 0 Å². The van der Waals surface area contributed by atoms with Gasteiger partial charge in [-0.1, -0.05) is 12.1 Å². The fourth-order valence-electron chi connectivity index (χ4n) is 2.04. The highest BCUT2D eigenvalue weighted by molar-refractivity contribution is 5.28. The molecule has 0 saturated heterocycles. The third kappa shape index (κ3) is 4.45. The van der Waals surface area contributed by atoms with Gasteiger partial charge in [0.1, 0.15) is 11.5 Å². The highest BCUT2D eigenvalue weighted by atomic mass is 19.2. The van der Waals surface area contributed by atoms with Gasteiger partial charge in [-0.2, -0.15) is 0 Å². The lowest BCUT2D eigenvalue weighted by molar-refractivity contribution is 0.220. The van der Waals surface area contributed by atoms with Gasteiger partial charge in [-0.05, 0) is 43.7 Å². The van der Waals surface area contributed by atoms with Crippen LogP contribution in [0.4, 0.5) is 8.78 Å². The molecular formula is C17H18F2O2. The third-order valence-electron chi connectivity index (χ3n) is 2.99. The first kappa shape index (κ1) is 15.3. The molecule has 4 heteroatoms. The first-order valence-corrected chi connectivity index (χ1v) is 6.92. The van der Waals surface area contributed by atoms with Crippen LogP contribution in [0, 0.1) is 11.6 Å². The molecule has 1 atom stereocenters. The largest absolute Gasteiger partial charge is 0.494 e. The molecule has 2 aromatic rings. The first-order chi connectivity index (χ1) is 10.1. The zero-order valence-electron chi connectivity index (χ0n) is 12.1. The van der Waals surface area contributed by atoms with Crippen LogP contribution in [0.1, 0.15) is 19.4 Å². The Balaban J connectivity index is 1.94. The summed E-state index contributed by atoms with van der Waals surface area (Å²) < 4.78 is 36.9. The summed E-state index contributed by atoms with van der Waals surface area (Å²) >= 11 is 0. The Morgan fingerprint density at radius 1 is 0.952 bits per heavy atom. The fourth-order valence-corrected chi connectivity index (χ4v) is 2.04. The summed E-state index contributed by atoms with van der Waals surface area (Å²) in [4.78, 5) is 0. The summed E-state index contributed by atoms with van der Waals surface area (Å²) in [5.41, 5.74) is 1.09. The maximum atomic E-state index is 13.1. The second-order valence-corrected chi connectivity index (χ2v) is 4.79. The number of benzene rings is 2. The average Bonchev–Trinajstić information content (AvgIpc) is 2.45. The van der Waals surface area contributed by atoms with E-state index < -0.39 is 11.6 Å². The van der Waals surface area contributed by atoms with E-state index in [1.54, 1.807) is 0 Å². The van der Waals surface area contributed by atoms with Crippen LogP contribution in [0.15, 0.2) is 42.5 Å². The lowest BCUT2D eigenvalue weighted by atomic mass is 10.1. The van der Waals surface area contributed by atoms with E-state index in [1.165, 1.54) is 6.07 Å². The quantitative estimate of drug-likeness (QED) is 0.787. The van der Waals surface area contributed by atoms with Crippen LogP contribution in [0.5, 0.6) is 11.5 Å². The fraction of sp³-hybridized carbons (Fsp3) is 0.294. The minimum atomic E-state index is -0.902. The monoisotopic (exact) mass is 292 g/mol. The summed E-state index contributed by atoms with van der Waals surface area (Å²) in [6.07, 6.45) is 0.526. The molecule has 2 rings (SSSR count). The summed E-state index contributed by atoms with van der Waals surface area (Å²) in [6.45, 7) is 4.46. The molecule has 0 radical (unpaired) electrons. The Morgan fingerprint density at radius 2 is 1.62 bits per heavy atom. The SMILES string of the molecule is CCOc1ccc(CC(C)Oc2ccc(F)c(F)c2)cc1. The zero-order valence-corrected chi connectivity index (χ0v) is 12.1. The molecule has 0 aliphatic heterocycles. The minimum Gasteiger partial charge on any atom is -0.494 e. The Bertz CT molecular complexity index is 582. The molecule has 21 heavy (non-hydrogen) atoms. The summed E-state index contributed by atoms with van der Waals surface area (Å²) in [5.74, 6) is -0.620. The Labute approximate surface area is 123 Å². The molecule has 0 N–H and O–H groups in total. The van der Waals surface area contributed by atoms with E-state index in [-0.39, 0.29) is 6.10 Å². The summed E-state index contributed by atoms with van der Waals surface area (Å²) in [7, 11) is 0. The maximum absolute atomic E-state index is 13.1. The normalized spacial score (nSPS) is 12.0. The molecule has 0 spiro atoms. The highest BCUT2D eigenvalue weighted by Crippen LogP contribution is 2.19. The predicted octanol–water partition coefficient (Wildman–Crippen LogP) is 4.37. The standard InChI is InChI=1S/C17H18F2O2/c1-3-20-14-6-4-13(5-7-14)10-12(2)21-15-8-9-16(18)17(19)11-15/h4-9,11-12H,3,10H2,1-2H3. The molecule has 2 aromatic carbocycles. The smallest absolute Gasteiger partial charge is 0.162 e. The van der Waals surface area contributed by atoms with Crippen LogP contribution in [0.2, 0.25) is 0 Å². The van der Waals surface area contributed by atoms with Gasteiger partial charge < -0.3 is 9.47 Å². The molecule has 0 aliphatic rings. The van der Waals surface area contributed by atoms with Crippen LogP contribution in [-0.4, -0.2) is 12.7 Å². The number of rotatable bonds is 6. The molecule has 112 valence electrons. The van der Waals surface area contributed by atoms with Crippen molar-refractivity contribution in [1.82, 2.24) is 0 Å². The van der Waals surface area contributed by atoms with Gasteiger partial charge in [-0.15, -0.1) is 0 Å². The van der Waals surface area contributed by atoms with E-state index >= 15 is 0 Å². The summed E-state index contributed by atoms with van der Waals surface area (Å²) in [6, 6.07) is 11.3. The van der Waals surface area contributed by atoms with Crippen molar-refractivity contribution in [3.8, 4) is 11.5 Å². The highest BCUT2D eigenvalue weighted by Gasteiger charge is 2.08. The molecule has 0 aliphatic carbocycles. The van der Waals surface area contributed by atoms with Gasteiger partial charge in [0.15, 0.2) is 11.6 Å². The molecular weight excluding hydrogens is 274 g/mol. The number of halogens is 2. The first-order valence-electron chi connectivity index (χ1n) is 6.92. The lowest BCUT2D eigenvalue weighted by Crippen LogP contribution is -2.15. The summed E-state index contributed by atoms with van der Waals surface area (Å²) in [5, 5.41) is 0. The van der Waals surface area contributed by atoms with Crippen molar-refractivity contribution in [2.24, 2.45) is 0 Å². The second-order valence-electron chi connectivity index (χ2n) is 4.79. The molecule has 0 saturated carbocycles. The average molecular weight is 292 g/mol. The van der Waals surface area contributed by atoms with Gasteiger partial charge in [0.25, 0.3) is 0 Å². The van der Waals surface area contributed by atoms with Crippen molar-refractivity contribution < 1.29 is 18.3 Å². The van der Waals surface area contributed by atoms with Crippen molar-refractivity contribution in [2.75, 3.05) is 6.61 Å². The van der Waals surface area contributed by atoms with Gasteiger partial charge in [-0.25, -0.2) is 8.78 Å². The zero-order chi connectivity index (χ0) is 15.2. The molecule has 0 heterocycles. The number of hydrogen-bond donors (Lipinski definition) is 0. The van der Waals surface area contributed by atoms with Gasteiger partial charge in [0.2, 0.25) is 0 Å². The Hall–Kier alpha value is -2.10. The number of ether oxygens (including phenoxy) is 2. The third-order valence-corrected chi connectivity index (χ3v) is 2.99. The molecule has 0 aromatic heterocycles. The maximum Gasteiger partial charge on any atom is 0.162 e. The van der Waals surface area contributed by atoms with Crippen LogP contribution < -0.4 is 9.47 Å². The van der Waals surface area contributed by atoms with Crippen molar-refractivity contribution in [3.05, 3.63) is 59.7 Å². The Kier molecular flexibility index (Phi) is 5.14. The molecule has 0 amide bonds. The van der Waals surface area contributed by atoms with E-state index in [0.717, 1.165) is 23.4 Å². The Morgan fingerprint density at radius 3 is 2.24 bits per heavy atom. The van der Waals surface area contributed by atoms with Crippen LogP contribution in [0.25, 0.3) is 0 Å². The topological polar surface area (TPSA) is 18.5 Å².